The van der Waals surface area contributed by atoms with E-state index in [9.17, 15) is 4.79 Å². The van der Waals surface area contributed by atoms with Crippen LogP contribution in [0.1, 0.15) is 27.0 Å². The second-order valence-corrected chi connectivity index (χ2v) is 6.63. The van der Waals surface area contributed by atoms with Crippen LogP contribution in [0.5, 0.6) is 0 Å². The standard InChI is InChI=1S/C23H21N3O2/c1-26(2)16-19-7-5-17(6-8-19)3-4-18-9-11-20(12-10-18)22-15-21(13-14-24-22)23(27)25-28/h5-15,28H,16H2,1-2H3,(H,25,27). The quantitative estimate of drug-likeness (QED) is 0.419. The van der Waals surface area contributed by atoms with Crippen LogP contribution >= 0.6 is 0 Å². The van der Waals surface area contributed by atoms with Gasteiger partial charge in [-0.3, -0.25) is 15.0 Å². The van der Waals surface area contributed by atoms with E-state index >= 15 is 0 Å². The van der Waals surface area contributed by atoms with E-state index in [2.05, 4.69) is 33.9 Å². The monoisotopic (exact) mass is 371 g/mol. The highest BCUT2D eigenvalue weighted by molar-refractivity contribution is 5.94. The fourth-order valence-electron chi connectivity index (χ4n) is 2.72. The minimum atomic E-state index is -0.567. The Balaban J connectivity index is 1.74. The largest absolute Gasteiger partial charge is 0.305 e. The average molecular weight is 371 g/mol. The molecule has 2 aromatic carbocycles. The molecule has 3 rings (SSSR count). The zero-order valence-corrected chi connectivity index (χ0v) is 15.8. The molecule has 140 valence electrons. The van der Waals surface area contributed by atoms with Crippen molar-refractivity contribution >= 4 is 5.91 Å². The van der Waals surface area contributed by atoms with Gasteiger partial charge in [0.25, 0.3) is 5.91 Å². The van der Waals surface area contributed by atoms with E-state index in [1.165, 1.54) is 11.8 Å². The minimum Gasteiger partial charge on any atom is -0.305 e. The summed E-state index contributed by atoms with van der Waals surface area (Å²) in [4.78, 5) is 17.9. The van der Waals surface area contributed by atoms with E-state index < -0.39 is 5.91 Å². The number of amides is 1. The van der Waals surface area contributed by atoms with Crippen LogP contribution in [-0.4, -0.2) is 35.1 Å². The maximum Gasteiger partial charge on any atom is 0.274 e. The number of nitrogens with one attached hydrogen (secondary N) is 1. The van der Waals surface area contributed by atoms with Gasteiger partial charge < -0.3 is 4.90 Å². The number of rotatable bonds is 4. The fraction of sp³-hybridized carbons (Fsp3) is 0.130. The van der Waals surface area contributed by atoms with Gasteiger partial charge in [0.15, 0.2) is 0 Å². The number of hydroxylamine groups is 1. The number of carbonyl (C=O) groups excluding carboxylic acids is 1. The summed E-state index contributed by atoms with van der Waals surface area (Å²) in [5.41, 5.74) is 6.60. The molecule has 0 atom stereocenters. The van der Waals surface area contributed by atoms with Crippen molar-refractivity contribution < 1.29 is 10.0 Å². The van der Waals surface area contributed by atoms with Crippen LogP contribution in [-0.2, 0) is 6.54 Å². The summed E-state index contributed by atoms with van der Waals surface area (Å²) < 4.78 is 0. The van der Waals surface area contributed by atoms with Crippen molar-refractivity contribution in [2.75, 3.05) is 14.1 Å². The number of pyridine rings is 1. The topological polar surface area (TPSA) is 65.5 Å². The van der Waals surface area contributed by atoms with Gasteiger partial charge in [-0.05, 0) is 56.1 Å². The van der Waals surface area contributed by atoms with Gasteiger partial charge in [0.05, 0.1) is 5.69 Å². The molecule has 0 unspecified atom stereocenters. The summed E-state index contributed by atoms with van der Waals surface area (Å²) in [6, 6.07) is 19.1. The van der Waals surface area contributed by atoms with E-state index in [1.54, 1.807) is 17.6 Å². The first kappa shape index (κ1) is 19.3. The first-order chi connectivity index (χ1) is 13.5. The van der Waals surface area contributed by atoms with Crippen LogP contribution in [0, 0.1) is 11.8 Å². The molecule has 1 amide bonds. The van der Waals surface area contributed by atoms with Crippen molar-refractivity contribution in [2.24, 2.45) is 0 Å². The van der Waals surface area contributed by atoms with Crippen LogP contribution in [0.25, 0.3) is 11.3 Å². The van der Waals surface area contributed by atoms with Crippen molar-refractivity contribution in [3.05, 3.63) is 89.1 Å². The molecule has 0 aliphatic rings. The van der Waals surface area contributed by atoms with E-state index in [0.717, 1.165) is 23.2 Å². The first-order valence-electron chi connectivity index (χ1n) is 8.82. The lowest BCUT2D eigenvalue weighted by Crippen LogP contribution is -2.18. The summed E-state index contributed by atoms with van der Waals surface area (Å²) >= 11 is 0. The third-order valence-corrected chi connectivity index (χ3v) is 4.11. The molecule has 0 saturated carbocycles. The van der Waals surface area contributed by atoms with Crippen LogP contribution in [0.15, 0.2) is 66.9 Å². The fourth-order valence-corrected chi connectivity index (χ4v) is 2.72. The van der Waals surface area contributed by atoms with Gasteiger partial charge in [0.2, 0.25) is 0 Å². The normalized spacial score (nSPS) is 10.3. The van der Waals surface area contributed by atoms with Crippen LogP contribution < -0.4 is 5.48 Å². The van der Waals surface area contributed by atoms with Gasteiger partial charge in [0, 0.05) is 35.0 Å². The highest BCUT2D eigenvalue weighted by Gasteiger charge is 2.06. The lowest BCUT2D eigenvalue weighted by molar-refractivity contribution is 0.0706. The third-order valence-electron chi connectivity index (χ3n) is 4.11. The molecule has 2 N–H and O–H groups in total. The Morgan fingerprint density at radius 3 is 2.18 bits per heavy atom. The molecule has 3 aromatic rings. The molecular formula is C23H21N3O2. The SMILES string of the molecule is CN(C)Cc1ccc(C#Cc2ccc(-c3cc(C(=O)NO)ccn3)cc2)cc1. The zero-order chi connectivity index (χ0) is 19.9. The Morgan fingerprint density at radius 2 is 1.61 bits per heavy atom. The Kier molecular flexibility index (Phi) is 6.18. The van der Waals surface area contributed by atoms with Gasteiger partial charge in [0.1, 0.15) is 0 Å². The molecule has 0 spiro atoms. The maximum atomic E-state index is 11.5. The number of aromatic nitrogens is 1. The number of nitrogens with zero attached hydrogens (tertiary/aromatic N) is 2. The maximum absolute atomic E-state index is 11.5. The smallest absolute Gasteiger partial charge is 0.274 e. The molecule has 0 saturated heterocycles. The molecule has 1 heterocycles. The Morgan fingerprint density at radius 1 is 1.00 bits per heavy atom. The lowest BCUT2D eigenvalue weighted by atomic mass is 10.1. The molecule has 5 nitrogen and oxygen atoms in total. The molecule has 0 bridgehead atoms. The van der Waals surface area contributed by atoms with Crippen molar-refractivity contribution in [1.82, 2.24) is 15.4 Å². The predicted octanol–water partition coefficient (Wildman–Crippen LogP) is 3.33. The first-order valence-corrected chi connectivity index (χ1v) is 8.82. The van der Waals surface area contributed by atoms with Gasteiger partial charge in [-0.1, -0.05) is 36.1 Å². The molecule has 0 aliphatic carbocycles. The van der Waals surface area contributed by atoms with E-state index in [1.807, 2.05) is 50.5 Å². The lowest BCUT2D eigenvalue weighted by Gasteiger charge is -2.08. The summed E-state index contributed by atoms with van der Waals surface area (Å²) in [5.74, 6) is 5.77. The molecule has 0 fully saturated rings. The van der Waals surface area contributed by atoms with Crippen LogP contribution in [0.2, 0.25) is 0 Å². The molecule has 0 aliphatic heterocycles. The minimum absolute atomic E-state index is 0.342. The van der Waals surface area contributed by atoms with Gasteiger partial charge >= 0.3 is 0 Å². The van der Waals surface area contributed by atoms with Crippen molar-refractivity contribution in [1.29, 1.82) is 0 Å². The molecular weight excluding hydrogens is 350 g/mol. The molecule has 0 radical (unpaired) electrons. The van der Waals surface area contributed by atoms with E-state index in [0.29, 0.717) is 11.3 Å². The second-order valence-electron chi connectivity index (χ2n) is 6.63. The van der Waals surface area contributed by atoms with Crippen molar-refractivity contribution in [3.8, 4) is 23.1 Å². The van der Waals surface area contributed by atoms with Crippen LogP contribution in [0.4, 0.5) is 0 Å². The molecule has 28 heavy (non-hydrogen) atoms. The Hall–Kier alpha value is -3.46. The summed E-state index contributed by atoms with van der Waals surface area (Å²) in [6.07, 6.45) is 1.54. The van der Waals surface area contributed by atoms with E-state index in [-0.39, 0.29) is 0 Å². The van der Waals surface area contributed by atoms with Gasteiger partial charge in [-0.25, -0.2) is 5.48 Å². The molecule has 1 aromatic heterocycles. The van der Waals surface area contributed by atoms with Gasteiger partial charge in [-0.15, -0.1) is 0 Å². The number of benzene rings is 2. The summed E-state index contributed by atoms with van der Waals surface area (Å²) in [6.45, 7) is 0.907. The third kappa shape index (κ3) is 5.04. The second kappa shape index (κ2) is 8.96. The number of carbonyl (C=O) groups is 1. The van der Waals surface area contributed by atoms with Crippen LogP contribution in [0.3, 0.4) is 0 Å². The number of hydrogen-bond acceptors (Lipinski definition) is 4. The average Bonchev–Trinajstić information content (AvgIpc) is 2.73. The molecule has 5 heteroatoms. The summed E-state index contributed by atoms with van der Waals surface area (Å²) in [7, 11) is 4.09. The Bertz CT molecular complexity index is 1010. The summed E-state index contributed by atoms with van der Waals surface area (Å²) in [5, 5.41) is 8.76. The Labute approximate surface area is 164 Å². The highest BCUT2D eigenvalue weighted by atomic mass is 16.5. The van der Waals surface area contributed by atoms with E-state index in [4.69, 9.17) is 5.21 Å². The number of hydrogen-bond donors (Lipinski definition) is 2. The van der Waals surface area contributed by atoms with Gasteiger partial charge in [-0.2, -0.15) is 0 Å². The highest BCUT2D eigenvalue weighted by Crippen LogP contribution is 2.18. The van der Waals surface area contributed by atoms with Crippen molar-refractivity contribution in [2.45, 2.75) is 6.54 Å². The predicted molar refractivity (Wildman–Crippen MR) is 109 cm³/mol. The zero-order valence-electron chi connectivity index (χ0n) is 15.8. The van der Waals surface area contributed by atoms with Crippen molar-refractivity contribution in [3.63, 3.8) is 0 Å².